The zero-order valence-electron chi connectivity index (χ0n) is 13.0. The number of para-hydroxylation sites is 1. The van der Waals surface area contributed by atoms with Crippen LogP contribution in [-0.4, -0.2) is 44.2 Å². The third-order valence-corrected chi connectivity index (χ3v) is 2.96. The number of anilines is 1. The molecule has 1 amide bonds. The molecule has 0 aliphatic heterocycles. The van der Waals surface area contributed by atoms with Gasteiger partial charge >= 0.3 is 0 Å². The van der Waals surface area contributed by atoms with Crippen LogP contribution in [0.5, 0.6) is 0 Å². The quantitative estimate of drug-likeness (QED) is 0.795. The van der Waals surface area contributed by atoms with E-state index in [2.05, 4.69) is 19.2 Å². The van der Waals surface area contributed by atoms with Crippen molar-refractivity contribution in [2.45, 2.75) is 20.8 Å². The van der Waals surface area contributed by atoms with Gasteiger partial charge < -0.3 is 15.0 Å². The number of benzene rings is 1. The van der Waals surface area contributed by atoms with E-state index in [0.29, 0.717) is 19.1 Å². The third kappa shape index (κ3) is 4.85. The largest absolute Gasteiger partial charge is 0.385 e. The van der Waals surface area contributed by atoms with Crippen molar-refractivity contribution in [2.75, 3.05) is 38.7 Å². The first-order valence-electron chi connectivity index (χ1n) is 7.21. The topological polar surface area (TPSA) is 41.6 Å². The van der Waals surface area contributed by atoms with Crippen LogP contribution in [0, 0.1) is 5.92 Å². The summed E-state index contributed by atoms with van der Waals surface area (Å²) in [5, 5.41) is 3.24. The second-order valence-electron chi connectivity index (χ2n) is 5.21. The summed E-state index contributed by atoms with van der Waals surface area (Å²) in [6.07, 6.45) is 0. The van der Waals surface area contributed by atoms with Crippen LogP contribution < -0.4 is 5.32 Å². The lowest BCUT2D eigenvalue weighted by molar-refractivity contribution is 0.0673. The van der Waals surface area contributed by atoms with Gasteiger partial charge in [0.25, 0.3) is 5.91 Å². The highest BCUT2D eigenvalue weighted by Crippen LogP contribution is 2.17. The average Bonchev–Trinajstić information content (AvgIpc) is 2.43. The fourth-order valence-electron chi connectivity index (χ4n) is 2.10. The average molecular weight is 278 g/mol. The number of amides is 1. The van der Waals surface area contributed by atoms with Crippen LogP contribution in [-0.2, 0) is 4.74 Å². The van der Waals surface area contributed by atoms with E-state index in [1.807, 2.05) is 36.1 Å². The summed E-state index contributed by atoms with van der Waals surface area (Å²) in [6.45, 7) is 8.97. The standard InChI is InChI=1S/C16H26N2O2/c1-5-17-15-9-7-6-8-14(15)16(19)18(10-11-20-4)12-13(2)3/h6-9,13,17H,5,10-12H2,1-4H3. The summed E-state index contributed by atoms with van der Waals surface area (Å²) >= 11 is 0. The number of nitrogens with one attached hydrogen (secondary N) is 1. The normalized spacial score (nSPS) is 10.7. The van der Waals surface area contributed by atoms with E-state index >= 15 is 0 Å². The van der Waals surface area contributed by atoms with E-state index in [1.54, 1.807) is 7.11 Å². The van der Waals surface area contributed by atoms with Crippen LogP contribution >= 0.6 is 0 Å². The molecule has 20 heavy (non-hydrogen) atoms. The van der Waals surface area contributed by atoms with Gasteiger partial charge in [-0.15, -0.1) is 0 Å². The Balaban J connectivity index is 2.92. The van der Waals surface area contributed by atoms with Gasteiger partial charge in [-0.3, -0.25) is 4.79 Å². The van der Waals surface area contributed by atoms with Crippen molar-refractivity contribution < 1.29 is 9.53 Å². The Hall–Kier alpha value is -1.55. The van der Waals surface area contributed by atoms with E-state index in [0.717, 1.165) is 24.3 Å². The molecule has 0 bridgehead atoms. The lowest BCUT2D eigenvalue weighted by atomic mass is 10.1. The van der Waals surface area contributed by atoms with Gasteiger partial charge in [0.2, 0.25) is 0 Å². The van der Waals surface area contributed by atoms with Crippen molar-refractivity contribution in [3.63, 3.8) is 0 Å². The Bertz CT molecular complexity index is 419. The van der Waals surface area contributed by atoms with E-state index in [-0.39, 0.29) is 5.91 Å². The number of carbonyl (C=O) groups excluding carboxylic acids is 1. The molecule has 1 aromatic carbocycles. The maximum Gasteiger partial charge on any atom is 0.256 e. The van der Waals surface area contributed by atoms with Crippen LogP contribution in [0.15, 0.2) is 24.3 Å². The van der Waals surface area contributed by atoms with Crippen molar-refractivity contribution in [1.82, 2.24) is 4.90 Å². The number of ether oxygens (including phenoxy) is 1. The predicted molar refractivity (Wildman–Crippen MR) is 83.2 cm³/mol. The van der Waals surface area contributed by atoms with Crippen molar-refractivity contribution in [3.8, 4) is 0 Å². The summed E-state index contributed by atoms with van der Waals surface area (Å²) < 4.78 is 5.11. The first-order chi connectivity index (χ1) is 9.60. The van der Waals surface area contributed by atoms with Crippen LogP contribution in [0.2, 0.25) is 0 Å². The molecule has 4 heteroatoms. The van der Waals surface area contributed by atoms with Crippen molar-refractivity contribution in [2.24, 2.45) is 5.92 Å². The molecule has 0 fully saturated rings. The summed E-state index contributed by atoms with van der Waals surface area (Å²) in [4.78, 5) is 14.6. The molecular formula is C16H26N2O2. The van der Waals surface area contributed by atoms with Gasteiger partial charge in [0, 0.05) is 32.4 Å². The number of rotatable bonds is 8. The Morgan fingerprint density at radius 1 is 1.35 bits per heavy atom. The maximum atomic E-state index is 12.7. The monoisotopic (exact) mass is 278 g/mol. The Morgan fingerprint density at radius 3 is 2.65 bits per heavy atom. The minimum Gasteiger partial charge on any atom is -0.385 e. The fraction of sp³-hybridized carbons (Fsp3) is 0.562. The van der Waals surface area contributed by atoms with Gasteiger partial charge in [0.05, 0.1) is 12.2 Å². The SMILES string of the molecule is CCNc1ccccc1C(=O)N(CCOC)CC(C)C. The minimum absolute atomic E-state index is 0.0623. The Kier molecular flexibility index (Phi) is 7.09. The van der Waals surface area contributed by atoms with Gasteiger partial charge in [-0.05, 0) is 25.0 Å². The molecule has 1 N–H and O–H groups in total. The van der Waals surface area contributed by atoms with E-state index in [1.165, 1.54) is 0 Å². The van der Waals surface area contributed by atoms with Crippen LogP contribution in [0.25, 0.3) is 0 Å². The lowest BCUT2D eigenvalue weighted by Crippen LogP contribution is -2.37. The van der Waals surface area contributed by atoms with Gasteiger partial charge in [0.1, 0.15) is 0 Å². The van der Waals surface area contributed by atoms with Crippen molar-refractivity contribution in [1.29, 1.82) is 0 Å². The van der Waals surface area contributed by atoms with Crippen LogP contribution in [0.3, 0.4) is 0 Å². The minimum atomic E-state index is 0.0623. The zero-order valence-corrected chi connectivity index (χ0v) is 13.0. The number of hydrogen-bond acceptors (Lipinski definition) is 3. The Morgan fingerprint density at radius 2 is 2.05 bits per heavy atom. The molecule has 0 unspecified atom stereocenters. The second kappa shape index (κ2) is 8.59. The zero-order chi connectivity index (χ0) is 15.0. The molecule has 0 aromatic heterocycles. The van der Waals surface area contributed by atoms with Gasteiger partial charge in [-0.25, -0.2) is 0 Å². The second-order valence-corrected chi connectivity index (χ2v) is 5.21. The first kappa shape index (κ1) is 16.5. The van der Waals surface area contributed by atoms with Gasteiger partial charge in [0.15, 0.2) is 0 Å². The molecule has 4 nitrogen and oxygen atoms in total. The van der Waals surface area contributed by atoms with Gasteiger partial charge in [-0.2, -0.15) is 0 Å². The number of hydrogen-bond donors (Lipinski definition) is 1. The summed E-state index contributed by atoms with van der Waals surface area (Å²) in [5.74, 6) is 0.495. The van der Waals surface area contributed by atoms with Gasteiger partial charge in [-0.1, -0.05) is 26.0 Å². The Labute approximate surface area is 122 Å². The number of nitrogens with zero attached hydrogens (tertiary/aromatic N) is 1. The van der Waals surface area contributed by atoms with Crippen molar-refractivity contribution >= 4 is 11.6 Å². The summed E-state index contributed by atoms with van der Waals surface area (Å²) in [5.41, 5.74) is 1.62. The van der Waals surface area contributed by atoms with E-state index < -0.39 is 0 Å². The molecule has 0 aliphatic rings. The number of methoxy groups -OCH3 is 1. The smallest absolute Gasteiger partial charge is 0.256 e. The predicted octanol–water partition coefficient (Wildman–Crippen LogP) is 2.86. The number of carbonyl (C=O) groups is 1. The highest BCUT2D eigenvalue weighted by atomic mass is 16.5. The molecular weight excluding hydrogens is 252 g/mol. The molecule has 1 rings (SSSR count). The highest BCUT2D eigenvalue weighted by molar-refractivity contribution is 5.99. The fourth-order valence-corrected chi connectivity index (χ4v) is 2.10. The molecule has 0 atom stereocenters. The third-order valence-electron chi connectivity index (χ3n) is 2.96. The summed E-state index contributed by atoms with van der Waals surface area (Å²) in [6, 6.07) is 7.66. The van der Waals surface area contributed by atoms with E-state index in [4.69, 9.17) is 4.74 Å². The summed E-state index contributed by atoms with van der Waals surface area (Å²) in [7, 11) is 1.66. The molecule has 0 saturated carbocycles. The molecule has 0 radical (unpaired) electrons. The molecule has 112 valence electrons. The lowest BCUT2D eigenvalue weighted by Gasteiger charge is -2.25. The molecule has 1 aromatic rings. The highest BCUT2D eigenvalue weighted by Gasteiger charge is 2.19. The molecule has 0 spiro atoms. The molecule has 0 aliphatic carbocycles. The van der Waals surface area contributed by atoms with Crippen molar-refractivity contribution in [3.05, 3.63) is 29.8 Å². The van der Waals surface area contributed by atoms with Crippen LogP contribution in [0.4, 0.5) is 5.69 Å². The molecule has 0 saturated heterocycles. The van der Waals surface area contributed by atoms with E-state index in [9.17, 15) is 4.79 Å². The maximum absolute atomic E-state index is 12.7. The first-order valence-corrected chi connectivity index (χ1v) is 7.21. The van der Waals surface area contributed by atoms with Crippen LogP contribution in [0.1, 0.15) is 31.1 Å². The molecule has 0 heterocycles.